The van der Waals surface area contributed by atoms with E-state index in [0.29, 0.717) is 11.4 Å². The fourth-order valence-electron chi connectivity index (χ4n) is 2.30. The third-order valence-corrected chi connectivity index (χ3v) is 5.68. The first kappa shape index (κ1) is 20.8. The van der Waals surface area contributed by atoms with Crippen molar-refractivity contribution in [2.45, 2.75) is 6.92 Å². The molecule has 1 amide bonds. The zero-order valence-electron chi connectivity index (χ0n) is 14.4. The van der Waals surface area contributed by atoms with Gasteiger partial charge in [0, 0.05) is 9.26 Å². The minimum atomic E-state index is -3.69. The highest BCUT2D eigenvalue weighted by molar-refractivity contribution is 14.1. The van der Waals surface area contributed by atoms with E-state index < -0.39 is 15.9 Å². The lowest BCUT2D eigenvalue weighted by atomic mass is 10.2. The van der Waals surface area contributed by atoms with E-state index >= 15 is 0 Å². The molecule has 0 unspecified atom stereocenters. The Morgan fingerprint density at radius 3 is 2.50 bits per heavy atom. The standard InChI is InChI=1S/C17H18ClIN2O4S/c1-11-8-12(19)4-6-15(11)20-17(22)10-21(26(3,23)24)13-5-7-16(25-2)14(18)9-13/h4-9H,10H2,1-3H3,(H,20,22). The highest BCUT2D eigenvalue weighted by Crippen LogP contribution is 2.30. The normalized spacial score (nSPS) is 11.1. The number of ether oxygens (including phenoxy) is 1. The summed E-state index contributed by atoms with van der Waals surface area (Å²) in [5, 5.41) is 3.00. The molecule has 0 spiro atoms. The molecule has 2 rings (SSSR count). The van der Waals surface area contributed by atoms with Crippen LogP contribution in [0, 0.1) is 10.5 Å². The summed E-state index contributed by atoms with van der Waals surface area (Å²) in [7, 11) is -2.22. The maximum atomic E-state index is 12.4. The van der Waals surface area contributed by atoms with Crippen molar-refractivity contribution in [1.82, 2.24) is 0 Å². The summed E-state index contributed by atoms with van der Waals surface area (Å²) in [5.74, 6) is -0.0329. The van der Waals surface area contributed by atoms with Gasteiger partial charge in [0.1, 0.15) is 12.3 Å². The molecule has 2 aromatic rings. The molecule has 0 radical (unpaired) electrons. The fraction of sp³-hybridized carbons (Fsp3) is 0.235. The average Bonchev–Trinajstić information content (AvgIpc) is 2.54. The van der Waals surface area contributed by atoms with Gasteiger partial charge in [0.25, 0.3) is 0 Å². The molecule has 1 N–H and O–H groups in total. The SMILES string of the molecule is COc1ccc(N(CC(=O)Nc2ccc(I)cc2C)S(C)(=O)=O)cc1Cl. The van der Waals surface area contributed by atoms with Gasteiger partial charge in [0.15, 0.2) is 0 Å². The third kappa shape index (κ3) is 5.24. The summed E-state index contributed by atoms with van der Waals surface area (Å²) < 4.78 is 31.4. The Balaban J connectivity index is 2.25. The van der Waals surface area contributed by atoms with Gasteiger partial charge in [-0.3, -0.25) is 9.10 Å². The fourth-order valence-corrected chi connectivity index (χ4v) is 4.05. The third-order valence-electron chi connectivity index (χ3n) is 3.57. The first-order valence-electron chi connectivity index (χ1n) is 7.49. The number of nitrogens with zero attached hydrogens (tertiary/aromatic N) is 1. The van der Waals surface area contributed by atoms with Crippen LogP contribution in [0.1, 0.15) is 5.56 Å². The second kappa shape index (κ2) is 8.45. The summed E-state index contributed by atoms with van der Waals surface area (Å²) in [6.07, 6.45) is 1.04. The van der Waals surface area contributed by atoms with Crippen LogP contribution in [-0.4, -0.2) is 34.2 Å². The summed E-state index contributed by atoms with van der Waals surface area (Å²) >= 11 is 8.26. The van der Waals surface area contributed by atoms with E-state index in [2.05, 4.69) is 27.9 Å². The Kier molecular flexibility index (Phi) is 6.75. The molecule has 26 heavy (non-hydrogen) atoms. The Hall–Kier alpha value is -1.52. The van der Waals surface area contributed by atoms with Crippen molar-refractivity contribution in [2.24, 2.45) is 0 Å². The second-order valence-electron chi connectivity index (χ2n) is 5.60. The van der Waals surface area contributed by atoms with Crippen LogP contribution < -0.4 is 14.4 Å². The molecule has 6 nitrogen and oxygen atoms in total. The Bertz CT molecular complexity index is 934. The van der Waals surface area contributed by atoms with E-state index in [9.17, 15) is 13.2 Å². The summed E-state index contributed by atoms with van der Waals surface area (Å²) in [6, 6.07) is 10.1. The topological polar surface area (TPSA) is 75.7 Å². The summed E-state index contributed by atoms with van der Waals surface area (Å²) in [6.45, 7) is 1.50. The minimum Gasteiger partial charge on any atom is -0.495 e. The number of carbonyl (C=O) groups excluding carboxylic acids is 1. The van der Waals surface area contributed by atoms with Crippen LogP contribution in [0.2, 0.25) is 5.02 Å². The quantitative estimate of drug-likeness (QED) is 0.604. The van der Waals surface area contributed by atoms with Crippen molar-refractivity contribution < 1.29 is 17.9 Å². The summed E-state index contributed by atoms with van der Waals surface area (Å²) in [4.78, 5) is 12.4. The van der Waals surface area contributed by atoms with Crippen molar-refractivity contribution in [2.75, 3.05) is 29.5 Å². The number of anilines is 2. The highest BCUT2D eigenvalue weighted by Gasteiger charge is 2.22. The molecule has 0 saturated carbocycles. The number of methoxy groups -OCH3 is 1. The molecule has 0 aliphatic rings. The summed E-state index contributed by atoms with van der Waals surface area (Å²) in [5.41, 5.74) is 1.81. The highest BCUT2D eigenvalue weighted by atomic mass is 127. The van der Waals surface area contributed by atoms with Crippen LogP contribution in [0.5, 0.6) is 5.75 Å². The van der Waals surface area contributed by atoms with Gasteiger partial charge in [-0.05, 0) is 71.5 Å². The molecular weight excluding hydrogens is 491 g/mol. The van der Waals surface area contributed by atoms with E-state index in [0.717, 1.165) is 19.7 Å². The van der Waals surface area contributed by atoms with Crippen molar-refractivity contribution in [1.29, 1.82) is 0 Å². The number of carbonyl (C=O) groups is 1. The average molecular weight is 509 g/mol. The van der Waals surface area contributed by atoms with Crippen LogP contribution in [-0.2, 0) is 14.8 Å². The minimum absolute atomic E-state index is 0.257. The van der Waals surface area contributed by atoms with E-state index in [1.54, 1.807) is 12.1 Å². The van der Waals surface area contributed by atoms with Gasteiger partial charge in [-0.15, -0.1) is 0 Å². The van der Waals surface area contributed by atoms with Crippen molar-refractivity contribution in [3.63, 3.8) is 0 Å². The predicted octanol–water partition coefficient (Wildman–Crippen LogP) is 3.67. The first-order valence-corrected chi connectivity index (χ1v) is 10.8. The van der Waals surface area contributed by atoms with Crippen molar-refractivity contribution >= 4 is 61.5 Å². The molecule has 0 bridgehead atoms. The van der Waals surface area contributed by atoms with Gasteiger partial charge in [0.2, 0.25) is 15.9 Å². The molecular formula is C17H18ClIN2O4S. The van der Waals surface area contributed by atoms with Gasteiger partial charge in [-0.1, -0.05) is 11.6 Å². The number of aryl methyl sites for hydroxylation is 1. The number of nitrogens with one attached hydrogen (secondary N) is 1. The monoisotopic (exact) mass is 508 g/mol. The molecule has 9 heteroatoms. The lowest BCUT2D eigenvalue weighted by molar-refractivity contribution is -0.114. The lowest BCUT2D eigenvalue weighted by Crippen LogP contribution is -2.37. The van der Waals surface area contributed by atoms with Crippen LogP contribution in [0.25, 0.3) is 0 Å². The number of amides is 1. The van der Waals surface area contributed by atoms with E-state index in [1.807, 2.05) is 19.1 Å². The van der Waals surface area contributed by atoms with Gasteiger partial charge in [-0.25, -0.2) is 8.42 Å². The smallest absolute Gasteiger partial charge is 0.245 e. The molecule has 0 fully saturated rings. The maximum absolute atomic E-state index is 12.4. The van der Waals surface area contributed by atoms with Gasteiger partial charge < -0.3 is 10.1 Å². The van der Waals surface area contributed by atoms with Crippen LogP contribution in [0.3, 0.4) is 0 Å². The molecule has 0 saturated heterocycles. The molecule has 0 heterocycles. The van der Waals surface area contributed by atoms with E-state index in [-0.39, 0.29) is 17.3 Å². The molecule has 0 aliphatic carbocycles. The molecule has 140 valence electrons. The number of hydrogen-bond acceptors (Lipinski definition) is 4. The molecule has 2 aromatic carbocycles. The molecule has 0 aliphatic heterocycles. The largest absolute Gasteiger partial charge is 0.495 e. The lowest BCUT2D eigenvalue weighted by Gasteiger charge is -2.22. The predicted molar refractivity (Wildman–Crippen MR) is 113 cm³/mol. The zero-order valence-corrected chi connectivity index (χ0v) is 18.1. The first-order chi connectivity index (χ1) is 12.1. The number of halogens is 2. The number of sulfonamides is 1. The molecule has 0 aromatic heterocycles. The zero-order chi connectivity index (χ0) is 19.5. The van der Waals surface area contributed by atoms with Crippen LogP contribution in [0.4, 0.5) is 11.4 Å². The molecule has 0 atom stereocenters. The van der Waals surface area contributed by atoms with Crippen LogP contribution in [0.15, 0.2) is 36.4 Å². The second-order valence-corrected chi connectivity index (χ2v) is 9.16. The van der Waals surface area contributed by atoms with E-state index in [1.165, 1.54) is 19.2 Å². The Labute approximate surface area is 171 Å². The Morgan fingerprint density at radius 2 is 1.96 bits per heavy atom. The van der Waals surface area contributed by atoms with Gasteiger partial charge >= 0.3 is 0 Å². The van der Waals surface area contributed by atoms with Crippen molar-refractivity contribution in [3.8, 4) is 5.75 Å². The van der Waals surface area contributed by atoms with E-state index in [4.69, 9.17) is 16.3 Å². The van der Waals surface area contributed by atoms with Crippen molar-refractivity contribution in [3.05, 3.63) is 50.6 Å². The number of hydrogen-bond donors (Lipinski definition) is 1. The number of benzene rings is 2. The van der Waals surface area contributed by atoms with Gasteiger partial charge in [0.05, 0.1) is 24.1 Å². The maximum Gasteiger partial charge on any atom is 0.245 e. The Morgan fingerprint density at radius 1 is 1.27 bits per heavy atom. The van der Waals surface area contributed by atoms with Crippen LogP contribution >= 0.6 is 34.2 Å². The number of rotatable bonds is 6. The van der Waals surface area contributed by atoms with Gasteiger partial charge in [-0.2, -0.15) is 0 Å².